The van der Waals surface area contributed by atoms with Crippen LogP contribution in [0.15, 0.2) is 63.1 Å². The number of β-lactam (4-membered cyclic amide) rings is 1. The van der Waals surface area contributed by atoms with Crippen LogP contribution in [0.1, 0.15) is 28.9 Å². The smallest absolute Gasteiger partial charge is 0.352 e. The molecule has 0 saturated carbocycles. The zero-order valence-corrected chi connectivity index (χ0v) is 25.4. The number of fused-ring (bicyclic) bond motifs is 2. The fourth-order valence-corrected chi connectivity index (χ4v) is 6.29. The molecule has 0 bridgehead atoms. The Morgan fingerprint density at radius 2 is 1.77 bits per heavy atom. The fourth-order valence-electron chi connectivity index (χ4n) is 4.96. The summed E-state index contributed by atoms with van der Waals surface area (Å²) in [4.78, 5) is 88.5. The average molecular weight is 684 g/mol. The van der Waals surface area contributed by atoms with E-state index in [0.717, 1.165) is 42.0 Å². The molecule has 1 fully saturated rings. The van der Waals surface area contributed by atoms with Crippen molar-refractivity contribution in [1.82, 2.24) is 15.5 Å². The highest BCUT2D eigenvalue weighted by molar-refractivity contribution is 8.00. The number of phenolic OH excluding ortho intramolecular Hbond substituents is 2. The molecule has 6 N–H and O–H groups in total. The highest BCUT2D eigenvalue weighted by Gasteiger charge is 2.54. The van der Waals surface area contributed by atoms with Crippen molar-refractivity contribution < 1.29 is 63.1 Å². The number of amides is 3. The molecule has 1 aromatic heterocycles. The summed E-state index contributed by atoms with van der Waals surface area (Å²) >= 11 is 1.12. The minimum absolute atomic E-state index is 0.0682. The van der Waals surface area contributed by atoms with E-state index in [9.17, 15) is 48.9 Å². The number of carboxylic acids is 2. The van der Waals surface area contributed by atoms with E-state index in [-0.39, 0.29) is 45.9 Å². The van der Waals surface area contributed by atoms with Gasteiger partial charge in [0, 0.05) is 18.2 Å². The van der Waals surface area contributed by atoms with Gasteiger partial charge >= 0.3 is 17.9 Å². The first kappa shape index (κ1) is 33.3. The number of rotatable bonds is 11. The second kappa shape index (κ2) is 13.4. The predicted molar refractivity (Wildman–Crippen MR) is 162 cm³/mol. The molecule has 17 nitrogen and oxygen atoms in total. The largest absolute Gasteiger partial charge is 0.504 e. The second-order valence-corrected chi connectivity index (χ2v) is 11.5. The number of thioether (sulfide) groups is 1. The molecule has 48 heavy (non-hydrogen) atoms. The molecule has 3 atom stereocenters. The van der Waals surface area contributed by atoms with Crippen molar-refractivity contribution in [2.24, 2.45) is 0 Å². The van der Waals surface area contributed by atoms with Crippen molar-refractivity contribution in [2.45, 2.75) is 24.4 Å². The Labute approximate surface area is 272 Å². The van der Waals surface area contributed by atoms with E-state index in [1.165, 1.54) is 24.3 Å². The molecule has 3 aromatic rings. The van der Waals surface area contributed by atoms with Gasteiger partial charge in [-0.3, -0.25) is 28.9 Å². The van der Waals surface area contributed by atoms with Crippen molar-refractivity contribution in [3.05, 3.63) is 75.3 Å². The Hall–Kier alpha value is -6.04. The molecule has 2 aromatic carbocycles. The molecular formula is C30H25N3O14S. The lowest BCUT2D eigenvalue weighted by atomic mass is 10.0. The van der Waals surface area contributed by atoms with Crippen LogP contribution in [0.4, 0.5) is 0 Å². The lowest BCUT2D eigenvalue weighted by Crippen LogP contribution is -2.71. The monoisotopic (exact) mass is 683 g/mol. The molecule has 2 aliphatic heterocycles. The van der Waals surface area contributed by atoms with Crippen molar-refractivity contribution in [1.29, 1.82) is 0 Å². The van der Waals surface area contributed by atoms with Gasteiger partial charge in [0.2, 0.25) is 17.1 Å². The standard InChI is InChI=1S/C30H25N3O14S/c1-12(34)45-8-14-11-48-29-21(28(42)33(29)22(14)30(43)44)32-27(41)20(13-2-4-15(5-3-13)46-10-19(36)37)31-26(40)17-9-47-25-16(23(17)38)6-7-18(35)24(25)39/h2-7,9,20-21,29,35,39H,8,10-11H2,1H3,(H,31,40)(H,32,41)(H,36,37)(H,43,44)/t20?,21-,29-/m1/s1. The summed E-state index contributed by atoms with van der Waals surface area (Å²) in [5.74, 6) is -7.23. The third kappa shape index (κ3) is 6.45. The van der Waals surface area contributed by atoms with E-state index in [1.807, 2.05) is 0 Å². The second-order valence-electron chi connectivity index (χ2n) is 10.4. The Morgan fingerprint density at radius 1 is 1.06 bits per heavy atom. The van der Waals surface area contributed by atoms with Crippen LogP contribution >= 0.6 is 11.8 Å². The minimum Gasteiger partial charge on any atom is -0.504 e. The van der Waals surface area contributed by atoms with Gasteiger partial charge in [-0.15, -0.1) is 11.8 Å². The molecule has 2 aliphatic rings. The summed E-state index contributed by atoms with van der Waals surface area (Å²) in [6, 6.07) is 4.67. The van der Waals surface area contributed by atoms with Crippen LogP contribution in [0.2, 0.25) is 0 Å². The Kier molecular flexibility index (Phi) is 9.28. The van der Waals surface area contributed by atoms with Crippen molar-refractivity contribution in [3.8, 4) is 17.2 Å². The minimum atomic E-state index is -1.57. The lowest BCUT2D eigenvalue weighted by molar-refractivity contribution is -0.151. The topological polar surface area (TPSA) is 259 Å². The zero-order chi connectivity index (χ0) is 34.9. The SMILES string of the molecule is CC(=O)OCC1=C(C(=O)O)N2C(=O)[C@@H](NC(=O)C(NC(=O)c3coc4c(O)c(O)ccc4c3=O)c3ccc(OCC(=O)O)cc3)[C@H]2SC1. The molecule has 5 rings (SSSR count). The van der Waals surface area contributed by atoms with Gasteiger partial charge in [0.1, 0.15) is 47.3 Å². The van der Waals surface area contributed by atoms with Crippen LogP contribution < -0.4 is 20.8 Å². The maximum Gasteiger partial charge on any atom is 0.352 e. The molecule has 3 amide bonds. The van der Waals surface area contributed by atoms with Gasteiger partial charge in [-0.05, 0) is 29.8 Å². The highest BCUT2D eigenvalue weighted by Crippen LogP contribution is 2.40. The number of nitrogens with one attached hydrogen (secondary N) is 2. The fraction of sp³-hybridized carbons (Fsp3) is 0.233. The number of benzene rings is 2. The average Bonchev–Trinajstić information content (AvgIpc) is 3.05. The first-order chi connectivity index (χ1) is 22.8. The maximum atomic E-state index is 13.7. The van der Waals surface area contributed by atoms with Gasteiger partial charge < -0.3 is 45.0 Å². The number of phenols is 2. The van der Waals surface area contributed by atoms with Crippen molar-refractivity contribution in [3.63, 3.8) is 0 Å². The molecule has 0 aliphatic carbocycles. The van der Waals surface area contributed by atoms with Crippen LogP contribution in [0, 0.1) is 0 Å². The predicted octanol–water partition coefficient (Wildman–Crippen LogP) is 0.440. The van der Waals surface area contributed by atoms with Gasteiger partial charge in [0.15, 0.2) is 17.9 Å². The van der Waals surface area contributed by atoms with Crippen LogP contribution in [0.25, 0.3) is 11.0 Å². The summed E-state index contributed by atoms with van der Waals surface area (Å²) in [5.41, 5.74) is -1.93. The van der Waals surface area contributed by atoms with Crippen LogP contribution in [-0.2, 0) is 28.7 Å². The number of esters is 1. The highest BCUT2D eigenvalue weighted by atomic mass is 32.2. The van der Waals surface area contributed by atoms with Crippen LogP contribution in [0.3, 0.4) is 0 Å². The lowest BCUT2D eigenvalue weighted by Gasteiger charge is -2.49. The van der Waals surface area contributed by atoms with E-state index in [0.29, 0.717) is 0 Å². The van der Waals surface area contributed by atoms with Crippen molar-refractivity contribution in [2.75, 3.05) is 19.0 Å². The van der Waals surface area contributed by atoms with Crippen LogP contribution in [-0.4, -0.2) is 91.3 Å². The third-order valence-corrected chi connectivity index (χ3v) is 8.59. The molecule has 1 saturated heterocycles. The molecular weight excluding hydrogens is 658 g/mol. The Bertz CT molecular complexity index is 1950. The molecule has 0 radical (unpaired) electrons. The Balaban J connectivity index is 1.42. The van der Waals surface area contributed by atoms with Crippen LogP contribution in [0.5, 0.6) is 17.2 Å². The molecule has 1 unspecified atom stereocenters. The number of aromatic hydroxyl groups is 2. The number of nitrogens with zero attached hydrogens (tertiary/aromatic N) is 1. The number of ether oxygens (including phenoxy) is 2. The van der Waals surface area contributed by atoms with Gasteiger partial charge in [-0.1, -0.05) is 12.1 Å². The molecule has 250 valence electrons. The number of carbonyl (C=O) groups is 6. The van der Waals surface area contributed by atoms with E-state index in [4.69, 9.17) is 19.0 Å². The van der Waals surface area contributed by atoms with Gasteiger partial charge in [0.25, 0.3) is 11.8 Å². The summed E-state index contributed by atoms with van der Waals surface area (Å²) < 4.78 is 15.3. The zero-order valence-electron chi connectivity index (χ0n) is 24.6. The molecule has 18 heteroatoms. The summed E-state index contributed by atoms with van der Waals surface area (Å²) in [7, 11) is 0. The number of hydrogen-bond donors (Lipinski definition) is 6. The molecule has 3 heterocycles. The number of aliphatic carboxylic acids is 2. The number of carbonyl (C=O) groups excluding carboxylic acids is 4. The third-order valence-electron chi connectivity index (χ3n) is 7.25. The van der Waals surface area contributed by atoms with Gasteiger partial charge in [0.05, 0.1) is 5.39 Å². The number of hydrogen-bond acceptors (Lipinski definition) is 13. The summed E-state index contributed by atoms with van der Waals surface area (Å²) in [6.07, 6.45) is 0.732. The van der Waals surface area contributed by atoms with Crippen molar-refractivity contribution >= 4 is 58.4 Å². The van der Waals surface area contributed by atoms with E-state index in [2.05, 4.69) is 10.6 Å². The van der Waals surface area contributed by atoms with E-state index >= 15 is 0 Å². The summed E-state index contributed by atoms with van der Waals surface area (Å²) in [6.45, 7) is 0.149. The van der Waals surface area contributed by atoms with E-state index in [1.54, 1.807) is 0 Å². The first-order valence-corrected chi connectivity index (χ1v) is 14.9. The summed E-state index contributed by atoms with van der Waals surface area (Å²) in [5, 5.41) is 42.2. The van der Waals surface area contributed by atoms with E-state index < -0.39 is 82.2 Å². The molecule has 0 spiro atoms. The first-order valence-electron chi connectivity index (χ1n) is 13.8. The van der Waals surface area contributed by atoms with Gasteiger partial charge in [-0.2, -0.15) is 0 Å². The number of carboxylic acid groups (broad SMARTS) is 2. The Morgan fingerprint density at radius 3 is 2.42 bits per heavy atom. The maximum absolute atomic E-state index is 13.7. The normalized spacial score (nSPS) is 17.5. The quantitative estimate of drug-likeness (QED) is 0.0910. The van der Waals surface area contributed by atoms with Gasteiger partial charge in [-0.25, -0.2) is 9.59 Å².